The molecular weight excluding hydrogens is 314 g/mol. The van der Waals surface area contributed by atoms with Crippen molar-refractivity contribution in [3.05, 3.63) is 48.1 Å². The van der Waals surface area contributed by atoms with E-state index in [1.165, 1.54) is 38.2 Å². The van der Waals surface area contributed by atoms with Gasteiger partial charge in [-0.3, -0.25) is 4.39 Å². The van der Waals surface area contributed by atoms with Gasteiger partial charge in [0.1, 0.15) is 6.17 Å². The summed E-state index contributed by atoms with van der Waals surface area (Å²) in [4.78, 5) is 0. The van der Waals surface area contributed by atoms with Gasteiger partial charge in [0.05, 0.1) is 7.18 Å². The molecule has 0 aromatic rings. The number of hydrogen-bond acceptors (Lipinski definition) is 0. The molecule has 2 unspecified atom stereocenters. The Bertz CT molecular complexity index is 408. The molecule has 1 fully saturated rings. The molecule has 0 nitrogen and oxygen atoms in total. The number of alkyl halides is 2. The first-order valence-electron chi connectivity index (χ1n) is 9.67. The van der Waals surface area contributed by atoms with E-state index in [2.05, 4.69) is 45.6 Å². The molecule has 0 N–H and O–H groups in total. The van der Waals surface area contributed by atoms with Crippen molar-refractivity contribution in [3.63, 3.8) is 0 Å². The smallest absolute Gasteiger partial charge is 0.116 e. The summed E-state index contributed by atoms with van der Waals surface area (Å²) in [6, 6.07) is 0. The van der Waals surface area contributed by atoms with Crippen LogP contribution in [0.1, 0.15) is 67.2 Å². The third-order valence-electron chi connectivity index (χ3n) is 4.56. The van der Waals surface area contributed by atoms with Gasteiger partial charge in [0.25, 0.3) is 0 Å². The van der Waals surface area contributed by atoms with E-state index in [0.29, 0.717) is 13.1 Å². The fourth-order valence-corrected chi connectivity index (χ4v) is 2.85. The van der Waals surface area contributed by atoms with Crippen LogP contribution in [0, 0.1) is 17.8 Å². The maximum absolute atomic E-state index is 12.8. The van der Waals surface area contributed by atoms with Crippen molar-refractivity contribution in [2.75, 3.05) is 7.18 Å². The topological polar surface area (TPSA) is 0 Å². The minimum atomic E-state index is -0.909. The van der Waals surface area contributed by atoms with Crippen LogP contribution in [0.5, 0.6) is 0 Å². The third-order valence-corrected chi connectivity index (χ3v) is 4.56. The summed E-state index contributed by atoms with van der Waals surface area (Å²) in [5, 5.41) is 0. The van der Waals surface area contributed by atoms with Gasteiger partial charge in [-0.15, -0.1) is 0 Å². The van der Waals surface area contributed by atoms with Gasteiger partial charge < -0.3 is 0 Å². The molecule has 0 aromatic carbocycles. The molecule has 0 spiro atoms. The summed E-state index contributed by atoms with van der Waals surface area (Å²) in [5.41, 5.74) is 2.41. The highest BCUT2D eigenvalue weighted by atomic mass is 19.1. The van der Waals surface area contributed by atoms with Crippen LogP contribution in [0.25, 0.3) is 0 Å². The number of hydrogen-bond donors (Lipinski definition) is 0. The summed E-state index contributed by atoms with van der Waals surface area (Å²) in [6.07, 6.45) is 14.4. The molecular formula is C23H40F2. The Morgan fingerprint density at radius 3 is 1.96 bits per heavy atom. The lowest BCUT2D eigenvalue weighted by atomic mass is 9.79. The van der Waals surface area contributed by atoms with Crippen molar-refractivity contribution >= 4 is 0 Å². The number of allylic oxidation sites excluding steroid dienone is 7. The van der Waals surface area contributed by atoms with E-state index in [-0.39, 0.29) is 5.92 Å². The summed E-state index contributed by atoms with van der Waals surface area (Å²) >= 11 is 0. The quantitative estimate of drug-likeness (QED) is 0.423. The van der Waals surface area contributed by atoms with E-state index in [9.17, 15) is 8.78 Å². The van der Waals surface area contributed by atoms with E-state index in [0.717, 1.165) is 11.5 Å². The van der Waals surface area contributed by atoms with Crippen LogP contribution in [0.3, 0.4) is 0 Å². The van der Waals surface area contributed by atoms with Gasteiger partial charge in [0.2, 0.25) is 0 Å². The second kappa shape index (κ2) is 16.3. The van der Waals surface area contributed by atoms with Crippen LogP contribution in [0.4, 0.5) is 8.78 Å². The van der Waals surface area contributed by atoms with Crippen molar-refractivity contribution < 1.29 is 8.78 Å². The minimum Gasteiger partial charge on any atom is -0.255 e. The second-order valence-electron chi connectivity index (χ2n) is 6.50. The van der Waals surface area contributed by atoms with Gasteiger partial charge >= 0.3 is 0 Å². The lowest BCUT2D eigenvalue weighted by molar-refractivity contribution is 0.323. The molecule has 0 amide bonds. The summed E-state index contributed by atoms with van der Waals surface area (Å²) in [7, 11) is 0.500. The van der Waals surface area contributed by atoms with E-state index >= 15 is 0 Å². The maximum atomic E-state index is 12.8. The third kappa shape index (κ3) is 11.9. The second-order valence-corrected chi connectivity index (χ2v) is 6.50. The molecule has 146 valence electrons. The molecule has 2 atom stereocenters. The lowest BCUT2D eigenvalue weighted by Gasteiger charge is -2.27. The van der Waals surface area contributed by atoms with Crippen LogP contribution in [0.2, 0.25) is 0 Å². The molecule has 0 bridgehead atoms. The molecule has 1 rings (SSSR count). The van der Waals surface area contributed by atoms with Crippen LogP contribution < -0.4 is 0 Å². The largest absolute Gasteiger partial charge is 0.255 e. The zero-order valence-electron chi connectivity index (χ0n) is 17.5. The Morgan fingerprint density at radius 1 is 1.00 bits per heavy atom. The molecule has 0 aliphatic heterocycles. The summed E-state index contributed by atoms with van der Waals surface area (Å²) in [5.74, 6) is 1.84. The Labute approximate surface area is 155 Å². The predicted molar refractivity (Wildman–Crippen MR) is 110 cm³/mol. The first kappa shape index (κ1) is 26.1. The van der Waals surface area contributed by atoms with Crippen molar-refractivity contribution in [2.24, 2.45) is 17.8 Å². The highest BCUT2D eigenvalue weighted by Crippen LogP contribution is 2.33. The molecule has 0 aromatic heterocycles. The number of halogens is 2. The molecule has 2 heteroatoms. The van der Waals surface area contributed by atoms with E-state index in [1.807, 2.05) is 13.8 Å². The Morgan fingerprint density at radius 2 is 1.52 bits per heavy atom. The highest BCUT2D eigenvalue weighted by Gasteiger charge is 2.19. The summed E-state index contributed by atoms with van der Waals surface area (Å²) in [6.45, 7) is 16.2. The number of rotatable bonds is 6. The van der Waals surface area contributed by atoms with Gasteiger partial charge in [-0.2, -0.15) is 0 Å². The van der Waals surface area contributed by atoms with Crippen LogP contribution >= 0.6 is 0 Å². The fourth-order valence-electron chi connectivity index (χ4n) is 2.85. The molecule has 0 saturated heterocycles. The van der Waals surface area contributed by atoms with Crippen molar-refractivity contribution in [3.8, 4) is 0 Å². The average molecular weight is 355 g/mol. The van der Waals surface area contributed by atoms with E-state index < -0.39 is 6.17 Å². The molecule has 1 aliphatic rings. The molecule has 25 heavy (non-hydrogen) atoms. The zero-order valence-corrected chi connectivity index (χ0v) is 17.5. The first-order valence-corrected chi connectivity index (χ1v) is 9.67. The Kier molecular flexibility index (Phi) is 17.0. The van der Waals surface area contributed by atoms with Crippen molar-refractivity contribution in [2.45, 2.75) is 73.4 Å². The average Bonchev–Trinajstić information content (AvgIpc) is 2.64. The van der Waals surface area contributed by atoms with Gasteiger partial charge in [-0.25, -0.2) is 4.39 Å². The van der Waals surface area contributed by atoms with Gasteiger partial charge in [0.15, 0.2) is 0 Å². The SMILES string of the molecule is C=C(/C=C\C(C)F)C(C)/C=C\C(=C/C)C1CCC(C)CC1.CC.CF. The summed E-state index contributed by atoms with van der Waals surface area (Å²) < 4.78 is 22.3. The minimum absolute atomic E-state index is 0.248. The predicted octanol–water partition coefficient (Wildman–Crippen LogP) is 8.03. The Hall–Kier alpha value is -1.18. The van der Waals surface area contributed by atoms with Crippen molar-refractivity contribution in [1.29, 1.82) is 0 Å². The van der Waals surface area contributed by atoms with Gasteiger partial charge in [-0.05, 0) is 55.6 Å². The molecule has 0 heterocycles. The van der Waals surface area contributed by atoms with Crippen LogP contribution in [-0.2, 0) is 0 Å². The van der Waals surface area contributed by atoms with Gasteiger partial charge in [0, 0.05) is 0 Å². The Balaban J connectivity index is 0. The van der Waals surface area contributed by atoms with Crippen molar-refractivity contribution in [1.82, 2.24) is 0 Å². The standard InChI is InChI=1S/C20H31F.C2H6.CH3F/c1-6-19(20-12-7-15(2)8-13-20)14-10-17(4)16(3)9-11-18(5)21;2*1-2/h6,9-11,14-15,17-18,20H,3,7-8,12-13H2,1-2,4-5H3;1-2H3;1H3/b11-9-,14-10-,19-6+;;. The maximum Gasteiger partial charge on any atom is 0.116 e. The zero-order chi connectivity index (χ0) is 19.8. The molecule has 1 aliphatic carbocycles. The molecule has 1 saturated carbocycles. The van der Waals surface area contributed by atoms with Gasteiger partial charge in [-0.1, -0.05) is 77.5 Å². The lowest BCUT2D eigenvalue weighted by Crippen LogP contribution is -2.13. The molecule has 0 radical (unpaired) electrons. The normalized spacial score (nSPS) is 23.3. The van der Waals surface area contributed by atoms with Crippen LogP contribution in [0.15, 0.2) is 48.1 Å². The van der Waals surface area contributed by atoms with E-state index in [4.69, 9.17) is 0 Å². The highest BCUT2D eigenvalue weighted by molar-refractivity contribution is 5.27. The monoisotopic (exact) mass is 354 g/mol. The fraction of sp³-hybridized carbons (Fsp3) is 0.652. The van der Waals surface area contributed by atoms with E-state index in [1.54, 1.807) is 12.2 Å². The van der Waals surface area contributed by atoms with Crippen LogP contribution in [-0.4, -0.2) is 13.3 Å². The first-order chi connectivity index (χ1) is 11.9.